The van der Waals surface area contributed by atoms with Gasteiger partial charge in [-0.3, -0.25) is 0 Å². The van der Waals surface area contributed by atoms with E-state index >= 15 is 0 Å². The molecule has 0 amide bonds. The van der Waals surface area contributed by atoms with Crippen molar-refractivity contribution in [3.63, 3.8) is 0 Å². The zero-order valence-corrected chi connectivity index (χ0v) is 36.2. The number of rotatable bonds is 7. The molecule has 0 fully saturated rings. The molecule has 304 valence electrons. The van der Waals surface area contributed by atoms with Crippen LogP contribution in [0.3, 0.4) is 0 Å². The smallest absolute Gasteiger partial charge is 0.0541 e. The molecule has 0 spiro atoms. The summed E-state index contributed by atoms with van der Waals surface area (Å²) in [5, 5.41) is 10.2. The molecule has 2 aromatic heterocycles. The summed E-state index contributed by atoms with van der Waals surface area (Å²) in [6.07, 6.45) is 0. The van der Waals surface area contributed by atoms with Gasteiger partial charge in [0.05, 0.1) is 16.7 Å². The molecule has 3 heteroatoms. The van der Waals surface area contributed by atoms with Crippen molar-refractivity contribution in [1.82, 2.24) is 4.57 Å². The van der Waals surface area contributed by atoms with Gasteiger partial charge in [-0.15, -0.1) is 11.3 Å². The summed E-state index contributed by atoms with van der Waals surface area (Å²) in [5.41, 5.74) is 14.1. The van der Waals surface area contributed by atoms with Crippen molar-refractivity contribution in [3.8, 4) is 39.1 Å². The number of aromatic nitrogens is 1. The van der Waals surface area contributed by atoms with Crippen molar-refractivity contribution < 1.29 is 0 Å². The van der Waals surface area contributed by atoms with Crippen molar-refractivity contribution in [3.05, 3.63) is 243 Å². The Labute approximate surface area is 381 Å². The maximum atomic E-state index is 2.42. The fraction of sp³-hybridized carbons (Fsp3) is 0. The van der Waals surface area contributed by atoms with E-state index in [1.54, 1.807) is 0 Å². The summed E-state index contributed by atoms with van der Waals surface area (Å²) in [6.45, 7) is 0. The Morgan fingerprint density at radius 1 is 0.292 bits per heavy atom. The molecule has 13 aromatic rings. The average molecular weight is 845 g/mol. The van der Waals surface area contributed by atoms with E-state index in [-0.39, 0.29) is 0 Å². The van der Waals surface area contributed by atoms with Crippen LogP contribution in [0.2, 0.25) is 0 Å². The molecule has 0 aliphatic rings. The topological polar surface area (TPSA) is 8.17 Å². The van der Waals surface area contributed by atoms with Crippen LogP contribution in [-0.4, -0.2) is 4.57 Å². The van der Waals surface area contributed by atoms with Gasteiger partial charge in [-0.25, -0.2) is 0 Å². The Kier molecular flexibility index (Phi) is 8.75. The Bertz CT molecular complexity index is 3900. The van der Waals surface area contributed by atoms with Gasteiger partial charge in [-0.2, -0.15) is 0 Å². The fourth-order valence-corrected chi connectivity index (χ4v) is 11.2. The lowest BCUT2D eigenvalue weighted by molar-refractivity contribution is 1.18. The lowest BCUT2D eigenvalue weighted by Crippen LogP contribution is -2.09. The van der Waals surface area contributed by atoms with Crippen LogP contribution in [0.25, 0.3) is 103 Å². The Balaban J connectivity index is 0.901. The molecule has 0 radical (unpaired) electrons. The van der Waals surface area contributed by atoms with Gasteiger partial charge in [0.15, 0.2) is 0 Å². The zero-order chi connectivity index (χ0) is 42.8. The van der Waals surface area contributed by atoms with Crippen molar-refractivity contribution >= 4 is 91.9 Å². The lowest BCUT2D eigenvalue weighted by atomic mass is 9.93. The molecule has 0 aliphatic heterocycles. The van der Waals surface area contributed by atoms with Gasteiger partial charge in [0.2, 0.25) is 0 Å². The van der Waals surface area contributed by atoms with Crippen molar-refractivity contribution in [2.45, 2.75) is 0 Å². The number of thiophene rings is 1. The number of para-hydroxylation sites is 3. The van der Waals surface area contributed by atoms with Crippen molar-refractivity contribution in [2.75, 3.05) is 4.90 Å². The van der Waals surface area contributed by atoms with Gasteiger partial charge in [0, 0.05) is 53.6 Å². The standard InChI is InChI=1S/C62H40N2S/c1-2-17-49-45(14-1)39-56(52-20-4-3-19-51(49)52)42-30-34-47(35-31-42)63(48-36-37-62-57(40-48)55-23-8-12-27-61(55)65-62)46-32-28-41(29-33-46)43-15-13-16-44(38-43)50-18-5-9-24-58(50)64-59-25-10-6-21-53(59)54-22-7-11-26-60(54)64/h1-40H. The van der Waals surface area contributed by atoms with Crippen LogP contribution in [0.5, 0.6) is 0 Å². The summed E-state index contributed by atoms with van der Waals surface area (Å²) in [4.78, 5) is 2.40. The van der Waals surface area contributed by atoms with Gasteiger partial charge >= 0.3 is 0 Å². The molecule has 13 rings (SSSR count). The second-order valence-electron chi connectivity index (χ2n) is 16.9. The van der Waals surface area contributed by atoms with Gasteiger partial charge in [-0.1, -0.05) is 164 Å². The normalized spacial score (nSPS) is 11.7. The second kappa shape index (κ2) is 15.2. The van der Waals surface area contributed by atoms with Crippen LogP contribution >= 0.6 is 11.3 Å². The molecule has 11 aromatic carbocycles. The van der Waals surface area contributed by atoms with E-state index in [1.165, 1.54) is 103 Å². The van der Waals surface area contributed by atoms with E-state index < -0.39 is 0 Å². The SMILES string of the molecule is c1cc(-c2ccc(N(c3ccc(-c4cc5ccccc5c5ccccc45)cc3)c3ccc4sc5ccccc5c4c3)cc2)cc(-c2ccccc2-n2c3ccccc3c3ccccc32)c1. The number of fused-ring (bicyclic) bond motifs is 9. The molecule has 2 nitrogen and oxygen atoms in total. The Hall–Kier alpha value is -8.24. The van der Waals surface area contributed by atoms with Crippen LogP contribution in [-0.2, 0) is 0 Å². The van der Waals surface area contributed by atoms with Crippen LogP contribution in [0.1, 0.15) is 0 Å². The third-order valence-corrected chi connectivity index (χ3v) is 14.3. The summed E-state index contributed by atoms with van der Waals surface area (Å²) in [5.74, 6) is 0. The van der Waals surface area contributed by atoms with E-state index in [9.17, 15) is 0 Å². The minimum atomic E-state index is 1.10. The van der Waals surface area contributed by atoms with Gasteiger partial charge in [0.25, 0.3) is 0 Å². The van der Waals surface area contributed by atoms with Gasteiger partial charge in [0.1, 0.15) is 0 Å². The second-order valence-corrected chi connectivity index (χ2v) is 18.0. The summed E-state index contributed by atoms with van der Waals surface area (Å²) in [6, 6.07) is 89.0. The Morgan fingerprint density at radius 3 is 1.60 bits per heavy atom. The first kappa shape index (κ1) is 37.3. The molecule has 0 N–H and O–H groups in total. The maximum absolute atomic E-state index is 2.42. The van der Waals surface area contributed by atoms with Crippen molar-refractivity contribution in [1.29, 1.82) is 0 Å². The van der Waals surface area contributed by atoms with Crippen molar-refractivity contribution in [2.24, 2.45) is 0 Å². The highest BCUT2D eigenvalue weighted by Gasteiger charge is 2.18. The summed E-state index contributed by atoms with van der Waals surface area (Å²) >= 11 is 1.85. The first-order chi connectivity index (χ1) is 32.2. The van der Waals surface area contributed by atoms with Gasteiger partial charge in [-0.05, 0) is 128 Å². The highest BCUT2D eigenvalue weighted by molar-refractivity contribution is 7.25. The highest BCUT2D eigenvalue weighted by atomic mass is 32.1. The Morgan fingerprint density at radius 2 is 0.846 bits per heavy atom. The third kappa shape index (κ3) is 6.24. The highest BCUT2D eigenvalue weighted by Crippen LogP contribution is 2.43. The molecule has 0 bridgehead atoms. The molecule has 0 unspecified atom stereocenters. The monoisotopic (exact) mass is 844 g/mol. The third-order valence-electron chi connectivity index (χ3n) is 13.2. The molecule has 0 saturated carbocycles. The lowest BCUT2D eigenvalue weighted by Gasteiger charge is -2.26. The van der Waals surface area contributed by atoms with Crippen LogP contribution < -0.4 is 4.90 Å². The average Bonchev–Trinajstić information content (AvgIpc) is 3.92. The quantitative estimate of drug-likeness (QED) is 0.145. The van der Waals surface area contributed by atoms with Crippen LogP contribution in [0.15, 0.2) is 243 Å². The van der Waals surface area contributed by atoms with E-state index in [0.717, 1.165) is 17.1 Å². The largest absolute Gasteiger partial charge is 0.310 e. The molecule has 65 heavy (non-hydrogen) atoms. The predicted molar refractivity (Wildman–Crippen MR) is 280 cm³/mol. The van der Waals surface area contributed by atoms with E-state index in [0.29, 0.717) is 0 Å². The van der Waals surface area contributed by atoms with Crippen LogP contribution in [0.4, 0.5) is 17.1 Å². The number of hydrogen-bond donors (Lipinski definition) is 0. The number of anilines is 3. The number of hydrogen-bond acceptors (Lipinski definition) is 2. The molecule has 0 atom stereocenters. The maximum Gasteiger partial charge on any atom is 0.0541 e. The number of benzene rings is 11. The summed E-state index contributed by atoms with van der Waals surface area (Å²) < 4.78 is 5.02. The molecule has 2 heterocycles. The van der Waals surface area contributed by atoms with E-state index in [4.69, 9.17) is 0 Å². The first-order valence-corrected chi connectivity index (χ1v) is 23.1. The molecular weight excluding hydrogens is 805 g/mol. The minimum absolute atomic E-state index is 1.10. The first-order valence-electron chi connectivity index (χ1n) is 22.2. The van der Waals surface area contributed by atoms with Gasteiger partial charge < -0.3 is 9.47 Å². The minimum Gasteiger partial charge on any atom is -0.310 e. The van der Waals surface area contributed by atoms with E-state index in [1.807, 2.05) is 11.3 Å². The van der Waals surface area contributed by atoms with Crippen LogP contribution in [0, 0.1) is 0 Å². The fourth-order valence-electron chi connectivity index (χ4n) is 10.1. The molecule has 0 aliphatic carbocycles. The zero-order valence-electron chi connectivity index (χ0n) is 35.4. The predicted octanol–water partition coefficient (Wildman–Crippen LogP) is 17.9. The molecular formula is C62H40N2S. The summed E-state index contributed by atoms with van der Waals surface area (Å²) in [7, 11) is 0. The molecule has 0 saturated heterocycles. The van der Waals surface area contributed by atoms with E-state index in [2.05, 4.69) is 252 Å². The number of nitrogens with zero attached hydrogens (tertiary/aromatic N) is 2.